The Labute approximate surface area is 106 Å². The second-order valence-electron chi connectivity index (χ2n) is 4.74. The zero-order chi connectivity index (χ0) is 13.1. The van der Waals surface area contributed by atoms with Crippen molar-refractivity contribution >= 4 is 11.8 Å². The number of carbonyl (C=O) groups excluding carboxylic acids is 2. The number of carbonyl (C=O) groups is 2. The van der Waals surface area contributed by atoms with Crippen LogP contribution in [0.4, 0.5) is 0 Å². The van der Waals surface area contributed by atoms with Crippen LogP contribution < -0.4 is 0 Å². The number of imide groups is 1. The lowest BCUT2D eigenvalue weighted by Crippen LogP contribution is -2.31. The highest BCUT2D eigenvalue weighted by Gasteiger charge is 2.34. The van der Waals surface area contributed by atoms with Crippen molar-refractivity contribution in [1.82, 2.24) is 4.90 Å². The highest BCUT2D eigenvalue weighted by Crippen LogP contribution is 2.22. The van der Waals surface area contributed by atoms with Crippen LogP contribution in [0, 0.1) is 5.92 Å². The van der Waals surface area contributed by atoms with Crippen molar-refractivity contribution in [3.63, 3.8) is 0 Å². The molecule has 1 aliphatic heterocycles. The molecule has 1 aromatic rings. The van der Waals surface area contributed by atoms with Crippen LogP contribution in [0.2, 0.25) is 0 Å². The maximum Gasteiger partial charge on any atom is 0.261 e. The first kappa shape index (κ1) is 12.8. The summed E-state index contributed by atoms with van der Waals surface area (Å²) in [4.78, 5) is 25.3. The third kappa shape index (κ3) is 2.29. The van der Waals surface area contributed by atoms with E-state index in [0.717, 1.165) is 12.8 Å². The van der Waals surface area contributed by atoms with E-state index in [1.807, 2.05) is 6.92 Å². The van der Waals surface area contributed by atoms with E-state index in [9.17, 15) is 9.59 Å². The molecule has 18 heavy (non-hydrogen) atoms. The van der Waals surface area contributed by atoms with E-state index in [2.05, 4.69) is 0 Å². The standard InChI is InChI=1S/C14H17NO3/c1-10(9-16)5-4-8-15-13(17)11-6-2-3-7-12(11)14(15)18/h2-3,6-7,10,16H,4-5,8-9H2,1H3. The Balaban J connectivity index is 2.01. The summed E-state index contributed by atoms with van der Waals surface area (Å²) in [6.45, 7) is 2.52. The summed E-state index contributed by atoms with van der Waals surface area (Å²) in [5.74, 6) is -0.195. The van der Waals surface area contributed by atoms with E-state index in [4.69, 9.17) is 5.11 Å². The van der Waals surface area contributed by atoms with E-state index in [-0.39, 0.29) is 24.3 Å². The van der Waals surface area contributed by atoms with E-state index in [1.165, 1.54) is 4.90 Å². The molecule has 4 heteroatoms. The maximum absolute atomic E-state index is 12.0. The van der Waals surface area contributed by atoms with Crippen LogP contribution in [-0.2, 0) is 0 Å². The zero-order valence-electron chi connectivity index (χ0n) is 10.4. The van der Waals surface area contributed by atoms with E-state index >= 15 is 0 Å². The summed E-state index contributed by atoms with van der Waals surface area (Å²) in [6.07, 6.45) is 1.54. The van der Waals surface area contributed by atoms with Crippen molar-refractivity contribution < 1.29 is 14.7 Å². The number of amides is 2. The van der Waals surface area contributed by atoms with Gasteiger partial charge in [0.25, 0.3) is 11.8 Å². The summed E-state index contributed by atoms with van der Waals surface area (Å²) < 4.78 is 0. The second-order valence-corrected chi connectivity index (χ2v) is 4.74. The van der Waals surface area contributed by atoms with E-state index in [0.29, 0.717) is 17.7 Å². The third-order valence-corrected chi connectivity index (χ3v) is 3.27. The van der Waals surface area contributed by atoms with Crippen LogP contribution in [0.1, 0.15) is 40.5 Å². The Hall–Kier alpha value is -1.68. The van der Waals surface area contributed by atoms with Gasteiger partial charge < -0.3 is 5.11 Å². The lowest BCUT2D eigenvalue weighted by Gasteiger charge is -2.14. The van der Waals surface area contributed by atoms with Gasteiger partial charge in [-0.3, -0.25) is 14.5 Å². The number of aliphatic hydroxyl groups is 1. The monoisotopic (exact) mass is 247 g/mol. The summed E-state index contributed by atoms with van der Waals surface area (Å²) in [6, 6.07) is 6.90. The van der Waals surface area contributed by atoms with Crippen LogP contribution in [0.3, 0.4) is 0 Å². The molecule has 1 unspecified atom stereocenters. The number of nitrogens with zero attached hydrogens (tertiary/aromatic N) is 1. The van der Waals surface area contributed by atoms with Gasteiger partial charge in [-0.15, -0.1) is 0 Å². The Kier molecular flexibility index (Phi) is 3.77. The fourth-order valence-corrected chi connectivity index (χ4v) is 2.13. The van der Waals surface area contributed by atoms with Gasteiger partial charge in [0, 0.05) is 13.2 Å². The fourth-order valence-electron chi connectivity index (χ4n) is 2.13. The first-order chi connectivity index (χ1) is 8.65. The molecule has 1 aromatic carbocycles. The number of rotatable bonds is 5. The number of fused-ring (bicyclic) bond motifs is 1. The van der Waals surface area contributed by atoms with Crippen molar-refractivity contribution in [2.45, 2.75) is 19.8 Å². The minimum Gasteiger partial charge on any atom is -0.396 e. The predicted molar refractivity (Wildman–Crippen MR) is 67.3 cm³/mol. The smallest absolute Gasteiger partial charge is 0.261 e. The van der Waals surface area contributed by atoms with Gasteiger partial charge in [0.05, 0.1) is 11.1 Å². The second kappa shape index (κ2) is 5.31. The predicted octanol–water partition coefficient (Wildman–Crippen LogP) is 1.69. The Morgan fingerprint density at radius 1 is 1.17 bits per heavy atom. The van der Waals surface area contributed by atoms with Crippen molar-refractivity contribution in [1.29, 1.82) is 0 Å². The van der Waals surface area contributed by atoms with Crippen LogP contribution in [0.15, 0.2) is 24.3 Å². The van der Waals surface area contributed by atoms with Crippen molar-refractivity contribution in [2.75, 3.05) is 13.2 Å². The molecule has 96 valence electrons. The Morgan fingerprint density at radius 3 is 2.22 bits per heavy atom. The first-order valence-electron chi connectivity index (χ1n) is 6.21. The quantitative estimate of drug-likeness (QED) is 0.805. The van der Waals surface area contributed by atoms with Gasteiger partial charge in [-0.1, -0.05) is 19.1 Å². The van der Waals surface area contributed by atoms with E-state index in [1.54, 1.807) is 24.3 Å². The van der Waals surface area contributed by atoms with E-state index < -0.39 is 0 Å². The molecule has 0 aliphatic carbocycles. The molecule has 1 N–H and O–H groups in total. The minimum atomic E-state index is -0.202. The lowest BCUT2D eigenvalue weighted by atomic mass is 10.1. The minimum absolute atomic E-state index is 0.141. The van der Waals surface area contributed by atoms with Crippen molar-refractivity contribution in [3.8, 4) is 0 Å². The molecule has 0 aromatic heterocycles. The average Bonchev–Trinajstić information content (AvgIpc) is 2.64. The molecule has 1 aliphatic rings. The number of hydrogen-bond donors (Lipinski definition) is 1. The summed E-state index contributed by atoms with van der Waals surface area (Å²) >= 11 is 0. The van der Waals surface area contributed by atoms with Gasteiger partial charge in [0.15, 0.2) is 0 Å². The molecule has 1 heterocycles. The third-order valence-electron chi connectivity index (χ3n) is 3.27. The number of hydrogen-bond acceptors (Lipinski definition) is 3. The Bertz CT molecular complexity index is 435. The molecule has 0 saturated carbocycles. The molecule has 2 rings (SSSR count). The zero-order valence-corrected chi connectivity index (χ0v) is 10.4. The number of aliphatic hydroxyl groups excluding tert-OH is 1. The summed E-state index contributed by atoms with van der Waals surface area (Å²) in [5, 5.41) is 8.93. The molecule has 0 saturated heterocycles. The normalized spacial score (nSPS) is 16.0. The first-order valence-corrected chi connectivity index (χ1v) is 6.21. The van der Waals surface area contributed by atoms with Crippen LogP contribution in [0.25, 0.3) is 0 Å². The van der Waals surface area contributed by atoms with Crippen molar-refractivity contribution in [3.05, 3.63) is 35.4 Å². The van der Waals surface area contributed by atoms with Crippen molar-refractivity contribution in [2.24, 2.45) is 5.92 Å². The van der Waals surface area contributed by atoms with Gasteiger partial charge >= 0.3 is 0 Å². The molecular weight excluding hydrogens is 230 g/mol. The van der Waals surface area contributed by atoms with Gasteiger partial charge in [0.1, 0.15) is 0 Å². The van der Waals surface area contributed by atoms with Gasteiger partial charge in [-0.2, -0.15) is 0 Å². The highest BCUT2D eigenvalue weighted by molar-refractivity contribution is 6.21. The molecule has 2 amide bonds. The topological polar surface area (TPSA) is 57.6 Å². The van der Waals surface area contributed by atoms with Gasteiger partial charge in [-0.25, -0.2) is 0 Å². The van der Waals surface area contributed by atoms with Crippen LogP contribution >= 0.6 is 0 Å². The largest absolute Gasteiger partial charge is 0.396 e. The average molecular weight is 247 g/mol. The maximum atomic E-state index is 12.0. The molecule has 0 bridgehead atoms. The van der Waals surface area contributed by atoms with Crippen LogP contribution in [0.5, 0.6) is 0 Å². The SMILES string of the molecule is CC(CO)CCCN1C(=O)c2ccccc2C1=O. The summed E-state index contributed by atoms with van der Waals surface area (Å²) in [5.41, 5.74) is 0.996. The Morgan fingerprint density at radius 2 is 1.72 bits per heavy atom. The molecule has 0 radical (unpaired) electrons. The lowest BCUT2D eigenvalue weighted by molar-refractivity contribution is 0.0649. The molecular formula is C14H17NO3. The molecule has 0 spiro atoms. The summed E-state index contributed by atoms with van der Waals surface area (Å²) in [7, 11) is 0. The van der Waals surface area contributed by atoms with Gasteiger partial charge in [-0.05, 0) is 30.9 Å². The van der Waals surface area contributed by atoms with Crippen LogP contribution in [-0.4, -0.2) is 35.0 Å². The molecule has 1 atom stereocenters. The highest BCUT2D eigenvalue weighted by atomic mass is 16.3. The molecule has 0 fully saturated rings. The fraction of sp³-hybridized carbons (Fsp3) is 0.429. The molecule has 4 nitrogen and oxygen atoms in total. The van der Waals surface area contributed by atoms with Gasteiger partial charge in [0.2, 0.25) is 0 Å². The number of benzene rings is 1.